The van der Waals surface area contributed by atoms with Gasteiger partial charge in [-0.25, -0.2) is 4.98 Å². The first-order valence-electron chi connectivity index (χ1n) is 8.87. The molecular formula is C20H23N3O2S2. The highest BCUT2D eigenvalue weighted by atomic mass is 32.2. The van der Waals surface area contributed by atoms with E-state index in [0.29, 0.717) is 21.3 Å². The molecule has 0 aliphatic carbocycles. The van der Waals surface area contributed by atoms with Crippen LogP contribution in [0.15, 0.2) is 40.3 Å². The molecule has 0 spiro atoms. The number of fused-ring (bicyclic) bond motifs is 1. The lowest BCUT2D eigenvalue weighted by Gasteiger charge is -2.16. The van der Waals surface area contributed by atoms with Crippen LogP contribution in [0.25, 0.3) is 21.3 Å². The molecule has 5 nitrogen and oxygen atoms in total. The third kappa shape index (κ3) is 4.42. The smallest absolute Gasteiger partial charge is 0.260 e. The Bertz CT molecular complexity index is 1010. The van der Waals surface area contributed by atoms with Gasteiger partial charge in [-0.2, -0.15) is 0 Å². The van der Waals surface area contributed by atoms with E-state index in [2.05, 4.69) is 29.1 Å². The lowest BCUT2D eigenvalue weighted by molar-refractivity contribution is -0.119. The molecule has 1 atom stereocenters. The SMILES string of the molecule is Cc1sc2nc(SCC(=O)NC(C)C(C)C)[nH]c(=O)c2c1-c1ccccc1. The predicted octanol–water partition coefficient (Wildman–Crippen LogP) is 4.21. The molecular weight excluding hydrogens is 378 g/mol. The van der Waals surface area contributed by atoms with Crippen molar-refractivity contribution in [2.75, 3.05) is 5.75 Å². The van der Waals surface area contributed by atoms with Gasteiger partial charge in [-0.3, -0.25) is 9.59 Å². The molecule has 2 heterocycles. The van der Waals surface area contributed by atoms with E-state index >= 15 is 0 Å². The van der Waals surface area contributed by atoms with E-state index < -0.39 is 0 Å². The molecule has 1 aromatic carbocycles. The largest absolute Gasteiger partial charge is 0.353 e. The Morgan fingerprint density at radius 3 is 2.63 bits per heavy atom. The number of rotatable bonds is 6. The molecule has 0 radical (unpaired) electrons. The Balaban J connectivity index is 1.84. The highest BCUT2D eigenvalue weighted by molar-refractivity contribution is 7.99. The molecule has 0 aliphatic heterocycles. The average molecular weight is 402 g/mol. The number of aromatic amines is 1. The number of H-pyrrole nitrogens is 1. The van der Waals surface area contributed by atoms with Gasteiger partial charge in [-0.15, -0.1) is 11.3 Å². The number of amides is 1. The highest BCUT2D eigenvalue weighted by Crippen LogP contribution is 2.35. The van der Waals surface area contributed by atoms with Crippen molar-refractivity contribution in [1.82, 2.24) is 15.3 Å². The van der Waals surface area contributed by atoms with Crippen molar-refractivity contribution in [1.29, 1.82) is 0 Å². The molecule has 0 aliphatic rings. The van der Waals surface area contributed by atoms with Gasteiger partial charge in [0.2, 0.25) is 5.91 Å². The molecule has 142 valence electrons. The Morgan fingerprint density at radius 2 is 1.96 bits per heavy atom. The van der Waals surface area contributed by atoms with Crippen molar-refractivity contribution in [3.63, 3.8) is 0 Å². The number of benzene rings is 1. The zero-order valence-corrected chi connectivity index (χ0v) is 17.5. The van der Waals surface area contributed by atoms with Gasteiger partial charge in [-0.05, 0) is 25.3 Å². The van der Waals surface area contributed by atoms with Crippen molar-refractivity contribution in [3.8, 4) is 11.1 Å². The quantitative estimate of drug-likeness (QED) is 0.479. The van der Waals surface area contributed by atoms with Crippen LogP contribution in [0.3, 0.4) is 0 Å². The van der Waals surface area contributed by atoms with Crippen molar-refractivity contribution in [2.45, 2.75) is 38.9 Å². The summed E-state index contributed by atoms with van der Waals surface area (Å²) >= 11 is 2.76. The van der Waals surface area contributed by atoms with E-state index in [0.717, 1.165) is 16.0 Å². The minimum atomic E-state index is -0.165. The zero-order valence-electron chi connectivity index (χ0n) is 15.8. The average Bonchev–Trinajstić information content (AvgIpc) is 2.97. The van der Waals surface area contributed by atoms with E-state index in [9.17, 15) is 9.59 Å². The number of thioether (sulfide) groups is 1. The molecule has 1 unspecified atom stereocenters. The fraction of sp³-hybridized carbons (Fsp3) is 0.350. The van der Waals surface area contributed by atoms with Crippen LogP contribution in [0.1, 0.15) is 25.6 Å². The van der Waals surface area contributed by atoms with Crippen molar-refractivity contribution in [2.24, 2.45) is 5.92 Å². The van der Waals surface area contributed by atoms with Crippen LogP contribution in [-0.2, 0) is 4.79 Å². The van der Waals surface area contributed by atoms with Gasteiger partial charge in [0, 0.05) is 16.5 Å². The minimum Gasteiger partial charge on any atom is -0.353 e. The van der Waals surface area contributed by atoms with Crippen LogP contribution >= 0.6 is 23.1 Å². The third-order valence-electron chi connectivity index (χ3n) is 4.51. The minimum absolute atomic E-state index is 0.0590. The van der Waals surface area contributed by atoms with Gasteiger partial charge in [0.15, 0.2) is 5.16 Å². The van der Waals surface area contributed by atoms with Crippen LogP contribution in [-0.4, -0.2) is 27.7 Å². The molecule has 2 N–H and O–H groups in total. The molecule has 1 amide bonds. The summed E-state index contributed by atoms with van der Waals surface area (Å²) in [5.74, 6) is 0.538. The molecule has 0 fully saturated rings. The molecule has 7 heteroatoms. The molecule has 0 saturated heterocycles. The second-order valence-electron chi connectivity index (χ2n) is 6.84. The summed E-state index contributed by atoms with van der Waals surface area (Å²) in [5, 5.41) is 4.05. The van der Waals surface area contributed by atoms with E-state index in [1.165, 1.54) is 23.1 Å². The standard InChI is InChI=1S/C20H23N3O2S2/c1-11(2)12(3)21-15(24)10-26-20-22-18(25)17-16(13(4)27-19(17)23-20)14-8-6-5-7-9-14/h5-9,11-12H,10H2,1-4H3,(H,21,24)(H,22,23,25). The van der Waals surface area contributed by atoms with Crippen molar-refractivity contribution < 1.29 is 4.79 Å². The first kappa shape index (κ1) is 19.6. The number of hydrogen-bond acceptors (Lipinski definition) is 5. The van der Waals surface area contributed by atoms with E-state index in [4.69, 9.17) is 0 Å². The second-order valence-corrected chi connectivity index (χ2v) is 9.01. The van der Waals surface area contributed by atoms with Gasteiger partial charge in [0.05, 0.1) is 11.1 Å². The third-order valence-corrected chi connectivity index (χ3v) is 6.38. The van der Waals surface area contributed by atoms with Gasteiger partial charge in [0.1, 0.15) is 4.83 Å². The zero-order chi connectivity index (χ0) is 19.6. The fourth-order valence-electron chi connectivity index (χ4n) is 2.72. The summed E-state index contributed by atoms with van der Waals surface area (Å²) in [7, 11) is 0. The van der Waals surface area contributed by atoms with Crippen molar-refractivity contribution >= 4 is 39.2 Å². The first-order valence-corrected chi connectivity index (χ1v) is 10.7. The van der Waals surface area contributed by atoms with Gasteiger partial charge in [0.25, 0.3) is 5.56 Å². The van der Waals surface area contributed by atoms with Crippen molar-refractivity contribution in [3.05, 3.63) is 45.6 Å². The lowest BCUT2D eigenvalue weighted by atomic mass is 10.0. The molecule has 27 heavy (non-hydrogen) atoms. The van der Waals surface area contributed by atoms with Gasteiger partial charge >= 0.3 is 0 Å². The first-order chi connectivity index (χ1) is 12.9. The van der Waals surface area contributed by atoms with Crippen LogP contribution in [0, 0.1) is 12.8 Å². The topological polar surface area (TPSA) is 74.8 Å². The predicted molar refractivity (Wildman–Crippen MR) is 114 cm³/mol. The van der Waals surface area contributed by atoms with Crippen LogP contribution in [0.2, 0.25) is 0 Å². The Morgan fingerprint density at radius 1 is 1.26 bits per heavy atom. The number of nitrogens with one attached hydrogen (secondary N) is 2. The fourth-order valence-corrected chi connectivity index (χ4v) is 4.49. The summed E-state index contributed by atoms with van der Waals surface area (Å²) in [6.45, 7) is 8.11. The molecule has 0 saturated carbocycles. The monoisotopic (exact) mass is 401 g/mol. The van der Waals surface area contributed by atoms with Crippen LogP contribution in [0.4, 0.5) is 0 Å². The number of aromatic nitrogens is 2. The van der Waals surface area contributed by atoms with Gasteiger partial charge < -0.3 is 10.3 Å². The van der Waals surface area contributed by atoms with E-state index in [1.54, 1.807) is 0 Å². The van der Waals surface area contributed by atoms with E-state index in [1.807, 2.05) is 44.2 Å². The summed E-state index contributed by atoms with van der Waals surface area (Å²) < 4.78 is 0. The maximum absolute atomic E-state index is 12.7. The summed E-state index contributed by atoms with van der Waals surface area (Å²) in [6, 6.07) is 9.98. The van der Waals surface area contributed by atoms with Gasteiger partial charge in [-0.1, -0.05) is 55.9 Å². The number of carbonyl (C=O) groups excluding carboxylic acids is 1. The molecule has 3 rings (SSSR count). The molecule has 2 aromatic heterocycles. The number of nitrogens with zero attached hydrogens (tertiary/aromatic N) is 1. The number of aryl methyl sites for hydroxylation is 1. The molecule has 3 aromatic rings. The molecule has 0 bridgehead atoms. The Labute approximate surface area is 166 Å². The van der Waals surface area contributed by atoms with Crippen LogP contribution in [0.5, 0.6) is 0 Å². The Hall–Kier alpha value is -2.12. The summed E-state index contributed by atoms with van der Waals surface area (Å²) in [6.07, 6.45) is 0. The van der Waals surface area contributed by atoms with Crippen LogP contribution < -0.4 is 10.9 Å². The Kier molecular flexibility index (Phi) is 6.01. The maximum Gasteiger partial charge on any atom is 0.260 e. The summed E-state index contributed by atoms with van der Waals surface area (Å²) in [5.41, 5.74) is 1.78. The second kappa shape index (κ2) is 8.27. The lowest BCUT2D eigenvalue weighted by Crippen LogP contribution is -2.37. The van der Waals surface area contributed by atoms with E-state index in [-0.39, 0.29) is 23.3 Å². The summed E-state index contributed by atoms with van der Waals surface area (Å²) in [4.78, 5) is 34.0. The number of hydrogen-bond donors (Lipinski definition) is 2. The normalized spacial score (nSPS) is 12.5. The maximum atomic E-state index is 12.7. The number of thiophene rings is 1. The number of carbonyl (C=O) groups is 1. The highest BCUT2D eigenvalue weighted by Gasteiger charge is 2.17.